The van der Waals surface area contributed by atoms with Crippen LogP contribution >= 0.6 is 11.8 Å². The molecule has 1 aliphatic rings. The molecular formula is C18H24N2O2S. The molecule has 124 valence electrons. The summed E-state index contributed by atoms with van der Waals surface area (Å²) in [4.78, 5) is 4.75. The van der Waals surface area contributed by atoms with Gasteiger partial charge in [-0.1, -0.05) is 23.9 Å². The number of aryl methyl sites for hydroxylation is 1. The molecule has 0 radical (unpaired) electrons. The summed E-state index contributed by atoms with van der Waals surface area (Å²) in [7, 11) is 1.70. The minimum atomic E-state index is 0.332. The first-order chi connectivity index (χ1) is 11.2. The molecule has 0 unspecified atom stereocenters. The maximum Gasteiger partial charge on any atom is 0.168 e. The Hall–Kier alpha value is -1.46. The summed E-state index contributed by atoms with van der Waals surface area (Å²) in [5.41, 5.74) is 3.60. The van der Waals surface area contributed by atoms with Crippen LogP contribution in [0, 0.1) is 13.8 Å². The molecule has 4 nitrogen and oxygen atoms in total. The molecule has 5 heteroatoms. The lowest BCUT2D eigenvalue weighted by Gasteiger charge is -2.14. The fraction of sp³-hybridized carbons (Fsp3) is 0.500. The smallest absolute Gasteiger partial charge is 0.168 e. The maximum atomic E-state index is 5.79. The van der Waals surface area contributed by atoms with Crippen molar-refractivity contribution in [3.63, 3.8) is 0 Å². The Morgan fingerprint density at radius 1 is 1.39 bits per heavy atom. The number of thioether (sulfide) groups is 1. The quantitative estimate of drug-likeness (QED) is 0.750. The molecule has 23 heavy (non-hydrogen) atoms. The predicted molar refractivity (Wildman–Crippen MR) is 93.2 cm³/mol. The monoisotopic (exact) mass is 332 g/mol. The zero-order chi connectivity index (χ0) is 16.2. The van der Waals surface area contributed by atoms with Gasteiger partial charge in [0.25, 0.3) is 0 Å². The first-order valence-corrected chi connectivity index (χ1v) is 9.07. The van der Waals surface area contributed by atoms with Gasteiger partial charge in [-0.3, -0.25) is 0 Å². The third-order valence-electron chi connectivity index (χ3n) is 4.34. The van der Waals surface area contributed by atoms with Gasteiger partial charge in [-0.15, -0.1) is 0 Å². The molecule has 1 saturated heterocycles. The van der Waals surface area contributed by atoms with Crippen molar-refractivity contribution >= 4 is 11.8 Å². The minimum Gasteiger partial charge on any atom is -0.497 e. The Morgan fingerprint density at radius 2 is 2.26 bits per heavy atom. The van der Waals surface area contributed by atoms with Crippen molar-refractivity contribution in [3.8, 4) is 5.75 Å². The number of hydrogen-bond acceptors (Lipinski definition) is 4. The second kappa shape index (κ2) is 7.41. The Morgan fingerprint density at radius 3 is 3.00 bits per heavy atom. The van der Waals surface area contributed by atoms with E-state index in [2.05, 4.69) is 30.5 Å². The first kappa shape index (κ1) is 16.4. The van der Waals surface area contributed by atoms with Crippen molar-refractivity contribution in [1.29, 1.82) is 0 Å². The molecule has 0 saturated carbocycles. The summed E-state index contributed by atoms with van der Waals surface area (Å²) >= 11 is 1.78. The van der Waals surface area contributed by atoms with Crippen LogP contribution in [0.4, 0.5) is 0 Å². The fourth-order valence-electron chi connectivity index (χ4n) is 2.85. The summed E-state index contributed by atoms with van der Waals surface area (Å²) in [6.45, 7) is 6.03. The van der Waals surface area contributed by atoms with E-state index in [0.717, 1.165) is 41.9 Å². The topological polar surface area (TPSA) is 36.3 Å². The Labute approximate surface area is 142 Å². The van der Waals surface area contributed by atoms with Gasteiger partial charge < -0.3 is 14.0 Å². The van der Waals surface area contributed by atoms with Gasteiger partial charge >= 0.3 is 0 Å². The van der Waals surface area contributed by atoms with Crippen molar-refractivity contribution in [1.82, 2.24) is 9.55 Å². The van der Waals surface area contributed by atoms with Crippen LogP contribution in [0.2, 0.25) is 0 Å². The van der Waals surface area contributed by atoms with Gasteiger partial charge in [-0.2, -0.15) is 0 Å². The lowest BCUT2D eigenvalue weighted by atomic mass is 10.2. The van der Waals surface area contributed by atoms with Crippen LogP contribution in [0.15, 0.2) is 29.4 Å². The average molecular weight is 332 g/mol. The van der Waals surface area contributed by atoms with E-state index in [1.807, 2.05) is 12.1 Å². The van der Waals surface area contributed by atoms with E-state index >= 15 is 0 Å². The largest absolute Gasteiger partial charge is 0.497 e. The number of methoxy groups -OCH3 is 1. The molecule has 2 heterocycles. The van der Waals surface area contributed by atoms with Crippen molar-refractivity contribution in [2.45, 2.75) is 50.2 Å². The number of hydrogen-bond donors (Lipinski definition) is 0. The van der Waals surface area contributed by atoms with Gasteiger partial charge in [0.15, 0.2) is 5.16 Å². The molecule has 0 N–H and O–H groups in total. The maximum absolute atomic E-state index is 5.79. The van der Waals surface area contributed by atoms with Crippen LogP contribution < -0.4 is 4.74 Å². The molecule has 1 aromatic heterocycles. The van der Waals surface area contributed by atoms with E-state index in [0.29, 0.717) is 6.10 Å². The van der Waals surface area contributed by atoms with Crippen LogP contribution in [0.25, 0.3) is 0 Å². The molecule has 0 bridgehead atoms. The molecular weight excluding hydrogens is 308 g/mol. The Kier molecular flexibility index (Phi) is 5.28. The lowest BCUT2D eigenvalue weighted by Crippen LogP contribution is -2.16. The summed E-state index contributed by atoms with van der Waals surface area (Å²) in [6, 6.07) is 8.22. The molecule has 0 spiro atoms. The van der Waals surface area contributed by atoms with Crippen LogP contribution in [0.5, 0.6) is 5.75 Å². The van der Waals surface area contributed by atoms with E-state index in [9.17, 15) is 0 Å². The van der Waals surface area contributed by atoms with Gasteiger partial charge in [-0.25, -0.2) is 4.98 Å². The second-order valence-corrected chi connectivity index (χ2v) is 6.89. The zero-order valence-corrected chi connectivity index (χ0v) is 14.9. The first-order valence-electron chi connectivity index (χ1n) is 8.08. The highest BCUT2D eigenvalue weighted by molar-refractivity contribution is 7.98. The normalized spacial score (nSPS) is 17.6. The van der Waals surface area contributed by atoms with Crippen molar-refractivity contribution in [3.05, 3.63) is 41.2 Å². The number of benzene rings is 1. The standard InChI is InChI=1S/C18H24N2O2S/c1-13-14(2)20(11-17-8-5-9-22-17)18(19-13)23-12-15-6-4-7-16(10-15)21-3/h4,6-7,10,17H,5,8-9,11-12H2,1-3H3/t17-/m0/s1. The molecule has 2 aromatic rings. The number of rotatable bonds is 6. The molecule has 1 atom stereocenters. The average Bonchev–Trinajstić information content (AvgIpc) is 3.17. The highest BCUT2D eigenvalue weighted by Crippen LogP contribution is 2.27. The van der Waals surface area contributed by atoms with Gasteiger partial charge in [-0.05, 0) is 44.4 Å². The number of imidazole rings is 1. The van der Waals surface area contributed by atoms with Gasteiger partial charge in [0.2, 0.25) is 0 Å². The van der Waals surface area contributed by atoms with Gasteiger partial charge in [0, 0.05) is 18.1 Å². The number of nitrogens with zero attached hydrogens (tertiary/aromatic N) is 2. The fourth-order valence-corrected chi connectivity index (χ4v) is 3.89. The van der Waals surface area contributed by atoms with Crippen LogP contribution in [0.3, 0.4) is 0 Å². The van der Waals surface area contributed by atoms with E-state index in [4.69, 9.17) is 14.5 Å². The Bertz CT molecular complexity index is 663. The summed E-state index contributed by atoms with van der Waals surface area (Å²) in [5, 5.41) is 1.08. The van der Waals surface area contributed by atoms with Crippen molar-refractivity contribution < 1.29 is 9.47 Å². The van der Waals surface area contributed by atoms with Crippen LogP contribution in [-0.4, -0.2) is 29.4 Å². The third-order valence-corrected chi connectivity index (χ3v) is 5.38. The van der Waals surface area contributed by atoms with Gasteiger partial charge in [0.1, 0.15) is 5.75 Å². The summed E-state index contributed by atoms with van der Waals surface area (Å²) < 4.78 is 13.4. The van der Waals surface area contributed by atoms with E-state index in [1.165, 1.54) is 17.7 Å². The van der Waals surface area contributed by atoms with E-state index in [1.54, 1.807) is 18.9 Å². The van der Waals surface area contributed by atoms with Crippen molar-refractivity contribution in [2.24, 2.45) is 0 Å². The lowest BCUT2D eigenvalue weighted by molar-refractivity contribution is 0.0945. The second-order valence-electron chi connectivity index (χ2n) is 5.95. The van der Waals surface area contributed by atoms with Gasteiger partial charge in [0.05, 0.1) is 25.5 Å². The number of ether oxygens (including phenoxy) is 2. The predicted octanol–water partition coefficient (Wildman–Crippen LogP) is 3.98. The third kappa shape index (κ3) is 3.90. The zero-order valence-electron chi connectivity index (χ0n) is 14.0. The SMILES string of the molecule is COc1cccc(CSc2nc(C)c(C)n2C[C@@H]2CCCO2)c1. The molecule has 3 rings (SSSR count). The minimum absolute atomic E-state index is 0.332. The highest BCUT2D eigenvalue weighted by atomic mass is 32.2. The summed E-state index contributed by atoms with van der Waals surface area (Å²) in [6.07, 6.45) is 2.65. The molecule has 1 aliphatic heterocycles. The highest BCUT2D eigenvalue weighted by Gasteiger charge is 2.20. The Balaban J connectivity index is 1.72. The summed E-state index contributed by atoms with van der Waals surface area (Å²) in [5.74, 6) is 1.79. The molecule has 0 aliphatic carbocycles. The molecule has 1 aromatic carbocycles. The van der Waals surface area contributed by atoms with Crippen LogP contribution in [-0.2, 0) is 17.0 Å². The number of aromatic nitrogens is 2. The van der Waals surface area contributed by atoms with Crippen molar-refractivity contribution in [2.75, 3.05) is 13.7 Å². The molecule has 1 fully saturated rings. The van der Waals surface area contributed by atoms with E-state index in [-0.39, 0.29) is 0 Å². The molecule has 0 amide bonds. The van der Waals surface area contributed by atoms with Crippen LogP contribution in [0.1, 0.15) is 29.8 Å². The van der Waals surface area contributed by atoms with E-state index < -0.39 is 0 Å².